The number of fused-ring (bicyclic) bond motifs is 4. The molecule has 0 radical (unpaired) electrons. The van der Waals surface area contributed by atoms with Gasteiger partial charge in [-0.3, -0.25) is 0 Å². The van der Waals surface area contributed by atoms with Gasteiger partial charge in [0.1, 0.15) is 0 Å². The summed E-state index contributed by atoms with van der Waals surface area (Å²) >= 11 is 0. The Morgan fingerprint density at radius 1 is 0.433 bits per heavy atom. The van der Waals surface area contributed by atoms with Crippen LogP contribution in [0.2, 0.25) is 0 Å². The van der Waals surface area contributed by atoms with E-state index in [1.165, 1.54) is 67.1 Å². The van der Waals surface area contributed by atoms with Crippen LogP contribution in [0.5, 0.6) is 0 Å². The molecule has 0 bridgehead atoms. The minimum absolute atomic E-state index is 0.605. The molecule has 2 unspecified atom stereocenters. The zero-order chi connectivity index (χ0) is 20.8. The van der Waals surface area contributed by atoms with Gasteiger partial charge in [-0.05, 0) is 115 Å². The lowest BCUT2D eigenvalue weighted by Crippen LogP contribution is -1.91. The highest BCUT2D eigenvalue weighted by atomic mass is 14.1. The van der Waals surface area contributed by atoms with E-state index in [1.54, 1.807) is 0 Å². The van der Waals surface area contributed by atoms with Crippen molar-refractivity contribution in [2.45, 2.75) is 52.4 Å². The average molecular weight is 391 g/mol. The van der Waals surface area contributed by atoms with E-state index < -0.39 is 0 Å². The molecule has 150 valence electrons. The molecular formula is C30H30. The predicted octanol–water partition coefficient (Wildman–Crippen LogP) is 9.33. The third kappa shape index (κ3) is 3.25. The molecule has 0 aliphatic heterocycles. The van der Waals surface area contributed by atoms with Crippen LogP contribution in [-0.4, -0.2) is 0 Å². The van der Waals surface area contributed by atoms with Crippen molar-refractivity contribution in [1.29, 1.82) is 0 Å². The summed E-state index contributed by atoms with van der Waals surface area (Å²) in [6.07, 6.45) is 2.35. The van der Waals surface area contributed by atoms with Gasteiger partial charge in [0.15, 0.2) is 0 Å². The fourth-order valence-electron chi connectivity index (χ4n) is 4.62. The first-order valence-corrected chi connectivity index (χ1v) is 11.4. The standard InChI is InChI=1S/C30H30/c1-5-19(3)21-7-9-23-13-27-18-30-16-26-12-22(20(4)6-2)8-10-24(26)14-28(30)17-29(27)15-25(23)11-21/h7-20H,5-6H2,1-4H3. The van der Waals surface area contributed by atoms with E-state index in [4.69, 9.17) is 0 Å². The van der Waals surface area contributed by atoms with Gasteiger partial charge in [0, 0.05) is 0 Å². The highest BCUT2D eigenvalue weighted by Gasteiger charge is 2.08. The van der Waals surface area contributed by atoms with Crippen molar-refractivity contribution < 1.29 is 0 Å². The maximum absolute atomic E-state index is 2.38. The van der Waals surface area contributed by atoms with Crippen molar-refractivity contribution in [2.24, 2.45) is 0 Å². The third-order valence-corrected chi connectivity index (χ3v) is 7.12. The zero-order valence-corrected chi connectivity index (χ0v) is 18.5. The van der Waals surface area contributed by atoms with Crippen molar-refractivity contribution in [2.75, 3.05) is 0 Å². The summed E-state index contributed by atoms with van der Waals surface area (Å²) in [6.45, 7) is 9.15. The van der Waals surface area contributed by atoms with Crippen molar-refractivity contribution >= 4 is 43.1 Å². The smallest absolute Gasteiger partial charge is 0.0171 e. The van der Waals surface area contributed by atoms with Crippen molar-refractivity contribution in [3.05, 3.63) is 83.9 Å². The van der Waals surface area contributed by atoms with E-state index in [2.05, 4.69) is 100 Å². The Morgan fingerprint density at radius 2 is 0.733 bits per heavy atom. The summed E-state index contributed by atoms with van der Waals surface area (Å²) in [5.41, 5.74) is 2.88. The lowest BCUT2D eigenvalue weighted by atomic mass is 9.92. The Bertz CT molecular complexity index is 1280. The van der Waals surface area contributed by atoms with Crippen LogP contribution in [0.1, 0.15) is 63.5 Å². The molecule has 0 spiro atoms. The second-order valence-electron chi connectivity index (χ2n) is 9.08. The lowest BCUT2D eigenvalue weighted by molar-refractivity contribution is 0.735. The second kappa shape index (κ2) is 7.43. The normalized spacial score (nSPS) is 14.0. The highest BCUT2D eigenvalue weighted by Crippen LogP contribution is 2.32. The van der Waals surface area contributed by atoms with Gasteiger partial charge >= 0.3 is 0 Å². The number of rotatable bonds is 4. The second-order valence-corrected chi connectivity index (χ2v) is 9.08. The van der Waals surface area contributed by atoms with E-state index in [-0.39, 0.29) is 0 Å². The minimum Gasteiger partial charge on any atom is -0.0648 e. The van der Waals surface area contributed by atoms with Gasteiger partial charge < -0.3 is 0 Å². The van der Waals surface area contributed by atoms with E-state index in [0.717, 1.165) is 0 Å². The monoisotopic (exact) mass is 390 g/mol. The number of hydrogen-bond acceptors (Lipinski definition) is 0. The van der Waals surface area contributed by atoms with Crippen LogP contribution in [-0.2, 0) is 0 Å². The maximum Gasteiger partial charge on any atom is -0.0171 e. The van der Waals surface area contributed by atoms with Crippen LogP contribution in [0.4, 0.5) is 0 Å². The number of hydrogen-bond donors (Lipinski definition) is 0. The predicted molar refractivity (Wildman–Crippen MR) is 134 cm³/mol. The first-order valence-electron chi connectivity index (χ1n) is 11.4. The van der Waals surface area contributed by atoms with E-state index >= 15 is 0 Å². The third-order valence-electron chi connectivity index (χ3n) is 7.12. The van der Waals surface area contributed by atoms with Crippen molar-refractivity contribution in [3.63, 3.8) is 0 Å². The summed E-state index contributed by atoms with van der Waals surface area (Å²) in [7, 11) is 0. The molecule has 30 heavy (non-hydrogen) atoms. The van der Waals surface area contributed by atoms with Crippen LogP contribution < -0.4 is 0 Å². The molecule has 0 fully saturated rings. The first-order chi connectivity index (χ1) is 14.6. The van der Waals surface area contributed by atoms with Crippen molar-refractivity contribution in [3.8, 4) is 0 Å². The van der Waals surface area contributed by atoms with Crippen molar-refractivity contribution in [1.82, 2.24) is 0 Å². The minimum atomic E-state index is 0.605. The quantitative estimate of drug-likeness (QED) is 0.268. The molecule has 0 aliphatic carbocycles. The Morgan fingerprint density at radius 3 is 1.07 bits per heavy atom. The Hall–Kier alpha value is -2.86. The zero-order valence-electron chi connectivity index (χ0n) is 18.5. The summed E-state index contributed by atoms with van der Waals surface area (Å²) in [5, 5.41) is 10.6. The molecular weight excluding hydrogens is 360 g/mol. The molecule has 0 saturated heterocycles. The molecule has 2 atom stereocenters. The molecule has 0 N–H and O–H groups in total. The fourth-order valence-corrected chi connectivity index (χ4v) is 4.62. The highest BCUT2D eigenvalue weighted by molar-refractivity contribution is 6.08. The molecule has 0 nitrogen and oxygen atoms in total. The van der Waals surface area contributed by atoms with Crippen LogP contribution in [0.3, 0.4) is 0 Å². The molecule has 0 heteroatoms. The van der Waals surface area contributed by atoms with E-state index in [9.17, 15) is 0 Å². The summed E-state index contributed by atoms with van der Waals surface area (Å²) in [6, 6.07) is 28.1. The molecule has 5 aromatic rings. The van der Waals surface area contributed by atoms with Crippen LogP contribution in [0, 0.1) is 0 Å². The summed E-state index contributed by atoms with van der Waals surface area (Å²) < 4.78 is 0. The lowest BCUT2D eigenvalue weighted by Gasteiger charge is -2.12. The molecule has 5 rings (SSSR count). The Labute approximate surface area is 179 Å². The Balaban J connectivity index is 1.70. The van der Waals surface area contributed by atoms with Crippen LogP contribution >= 0.6 is 0 Å². The van der Waals surface area contributed by atoms with Gasteiger partial charge in [-0.2, -0.15) is 0 Å². The molecule has 5 aromatic carbocycles. The topological polar surface area (TPSA) is 0 Å². The van der Waals surface area contributed by atoms with Gasteiger partial charge in [-0.1, -0.05) is 64.1 Å². The molecule has 0 saturated carbocycles. The molecule has 0 aromatic heterocycles. The van der Waals surface area contributed by atoms with E-state index in [0.29, 0.717) is 11.8 Å². The fraction of sp³-hybridized carbons (Fsp3) is 0.267. The molecule has 0 heterocycles. The molecule has 0 amide bonds. The van der Waals surface area contributed by atoms with Gasteiger partial charge in [0.25, 0.3) is 0 Å². The average Bonchev–Trinajstić information content (AvgIpc) is 2.78. The van der Waals surface area contributed by atoms with Crippen LogP contribution in [0.25, 0.3) is 43.1 Å². The largest absolute Gasteiger partial charge is 0.0648 e. The molecule has 0 aliphatic rings. The van der Waals surface area contributed by atoms with Gasteiger partial charge in [-0.15, -0.1) is 0 Å². The SMILES string of the molecule is CCC(C)c1ccc2cc3cc4cc5cc(C(C)CC)ccc5cc4cc3cc2c1. The van der Waals surface area contributed by atoms with Gasteiger partial charge in [0.2, 0.25) is 0 Å². The first kappa shape index (κ1) is 19.1. The van der Waals surface area contributed by atoms with E-state index in [1.807, 2.05) is 0 Å². The van der Waals surface area contributed by atoms with Gasteiger partial charge in [0.05, 0.1) is 0 Å². The summed E-state index contributed by atoms with van der Waals surface area (Å²) in [5.74, 6) is 1.21. The number of benzene rings is 5. The summed E-state index contributed by atoms with van der Waals surface area (Å²) in [4.78, 5) is 0. The van der Waals surface area contributed by atoms with Crippen LogP contribution in [0.15, 0.2) is 72.8 Å². The van der Waals surface area contributed by atoms with Gasteiger partial charge in [-0.25, -0.2) is 0 Å². The Kier molecular flexibility index (Phi) is 4.74. The maximum atomic E-state index is 2.38.